The molecule has 3 rings (SSSR count). The highest BCUT2D eigenvalue weighted by atomic mass is 32.1. The summed E-state index contributed by atoms with van der Waals surface area (Å²) in [6.45, 7) is 9.76. The maximum atomic E-state index is 12.8. The molecule has 0 saturated carbocycles. The molecule has 0 bridgehead atoms. The average molecular weight is 338 g/mol. The van der Waals surface area contributed by atoms with Crippen LogP contribution in [0.4, 0.5) is 0 Å². The molecule has 2 aliphatic heterocycles. The number of hydrogen-bond donors (Lipinski definition) is 0. The molecular formula is C16H26N4O2S. The van der Waals surface area contributed by atoms with Crippen LogP contribution in [0.15, 0.2) is 10.9 Å². The summed E-state index contributed by atoms with van der Waals surface area (Å²) in [5, 5.41) is 2.11. The number of nitrogens with zero attached hydrogens (tertiary/aromatic N) is 4. The van der Waals surface area contributed by atoms with Gasteiger partial charge in [0.15, 0.2) is 0 Å². The quantitative estimate of drug-likeness (QED) is 0.816. The van der Waals surface area contributed by atoms with Gasteiger partial charge in [-0.2, -0.15) is 0 Å². The molecule has 128 valence electrons. The van der Waals surface area contributed by atoms with Gasteiger partial charge in [-0.15, -0.1) is 11.3 Å². The first-order valence-electron chi connectivity index (χ1n) is 8.44. The number of carbonyl (C=O) groups is 1. The highest BCUT2D eigenvalue weighted by Crippen LogP contribution is 2.12. The summed E-state index contributed by atoms with van der Waals surface area (Å²) in [5.74, 6) is 0.266. The second kappa shape index (κ2) is 8.19. The topological polar surface area (TPSA) is 48.9 Å². The first-order chi connectivity index (χ1) is 11.2. The van der Waals surface area contributed by atoms with E-state index in [0.29, 0.717) is 0 Å². The van der Waals surface area contributed by atoms with Crippen molar-refractivity contribution < 1.29 is 9.53 Å². The molecule has 7 heteroatoms. The molecule has 0 unspecified atom stereocenters. The van der Waals surface area contributed by atoms with Crippen molar-refractivity contribution in [1.82, 2.24) is 19.7 Å². The van der Waals surface area contributed by atoms with Gasteiger partial charge in [0.2, 0.25) is 5.91 Å². The Bertz CT molecular complexity index is 490. The summed E-state index contributed by atoms with van der Waals surface area (Å²) >= 11 is 1.64. The van der Waals surface area contributed by atoms with Gasteiger partial charge in [-0.05, 0) is 13.3 Å². The van der Waals surface area contributed by atoms with E-state index in [9.17, 15) is 4.79 Å². The molecule has 23 heavy (non-hydrogen) atoms. The molecule has 2 saturated heterocycles. The monoisotopic (exact) mass is 338 g/mol. The Labute approximate surface area is 142 Å². The van der Waals surface area contributed by atoms with E-state index in [1.54, 1.807) is 11.3 Å². The van der Waals surface area contributed by atoms with E-state index in [4.69, 9.17) is 4.74 Å². The molecule has 0 N–H and O–H groups in total. The zero-order valence-corrected chi connectivity index (χ0v) is 14.6. The lowest BCUT2D eigenvalue weighted by Crippen LogP contribution is -2.51. The Morgan fingerprint density at radius 1 is 1.26 bits per heavy atom. The lowest BCUT2D eigenvalue weighted by Gasteiger charge is -2.34. The highest BCUT2D eigenvalue weighted by Gasteiger charge is 2.28. The van der Waals surface area contributed by atoms with Crippen LogP contribution in [0.3, 0.4) is 0 Å². The van der Waals surface area contributed by atoms with Gasteiger partial charge in [-0.3, -0.25) is 14.6 Å². The molecule has 2 aliphatic rings. The minimum absolute atomic E-state index is 0.0380. The molecule has 1 atom stereocenters. The van der Waals surface area contributed by atoms with Crippen LogP contribution in [0.1, 0.15) is 19.0 Å². The Morgan fingerprint density at radius 2 is 2.09 bits per heavy atom. The van der Waals surface area contributed by atoms with Crippen molar-refractivity contribution in [3.05, 3.63) is 16.6 Å². The van der Waals surface area contributed by atoms with Crippen LogP contribution in [-0.4, -0.2) is 84.1 Å². The van der Waals surface area contributed by atoms with Crippen LogP contribution >= 0.6 is 11.3 Å². The Balaban J connectivity index is 1.51. The predicted molar refractivity (Wildman–Crippen MR) is 90.4 cm³/mol. The minimum atomic E-state index is -0.0380. The molecule has 3 heterocycles. The minimum Gasteiger partial charge on any atom is -0.379 e. The second-order valence-corrected chi connectivity index (χ2v) is 6.98. The third kappa shape index (κ3) is 4.50. The number of aromatic nitrogens is 1. The molecule has 1 amide bonds. The molecule has 0 radical (unpaired) electrons. The maximum Gasteiger partial charge on any atom is 0.239 e. The van der Waals surface area contributed by atoms with E-state index in [1.807, 2.05) is 17.3 Å². The summed E-state index contributed by atoms with van der Waals surface area (Å²) in [4.78, 5) is 23.8. The Morgan fingerprint density at radius 3 is 2.83 bits per heavy atom. The molecule has 0 spiro atoms. The third-order valence-corrected chi connectivity index (χ3v) is 5.36. The fraction of sp³-hybridized carbons (Fsp3) is 0.750. The van der Waals surface area contributed by atoms with Gasteiger partial charge in [-0.25, -0.2) is 4.98 Å². The van der Waals surface area contributed by atoms with E-state index in [0.717, 1.165) is 71.1 Å². The van der Waals surface area contributed by atoms with Crippen molar-refractivity contribution in [2.45, 2.75) is 25.9 Å². The number of carbonyl (C=O) groups excluding carboxylic acids is 1. The second-order valence-electron chi connectivity index (χ2n) is 6.26. The van der Waals surface area contributed by atoms with Gasteiger partial charge in [0.25, 0.3) is 0 Å². The van der Waals surface area contributed by atoms with Crippen LogP contribution in [0.5, 0.6) is 0 Å². The Kier molecular flexibility index (Phi) is 5.99. The normalized spacial score (nSPS) is 22.7. The molecule has 6 nitrogen and oxygen atoms in total. The summed E-state index contributed by atoms with van der Waals surface area (Å²) in [6, 6.07) is -0.0380. The smallest absolute Gasteiger partial charge is 0.239 e. The van der Waals surface area contributed by atoms with Gasteiger partial charge in [-0.1, -0.05) is 0 Å². The van der Waals surface area contributed by atoms with Crippen molar-refractivity contribution in [1.29, 1.82) is 0 Å². The van der Waals surface area contributed by atoms with Gasteiger partial charge in [0, 0.05) is 51.2 Å². The SMILES string of the molecule is C[C@H](C(=O)N1CCCN(Cc2cscn2)CC1)N1CCOCC1. The number of rotatable bonds is 4. The zero-order valence-electron chi connectivity index (χ0n) is 13.8. The number of hydrogen-bond acceptors (Lipinski definition) is 6. The van der Waals surface area contributed by atoms with E-state index in [1.165, 1.54) is 0 Å². The van der Waals surface area contributed by atoms with E-state index in [-0.39, 0.29) is 11.9 Å². The van der Waals surface area contributed by atoms with E-state index < -0.39 is 0 Å². The fourth-order valence-electron chi connectivity index (χ4n) is 3.28. The first-order valence-corrected chi connectivity index (χ1v) is 9.38. The van der Waals surface area contributed by atoms with Crippen LogP contribution in [0.2, 0.25) is 0 Å². The van der Waals surface area contributed by atoms with Crippen molar-refractivity contribution in [2.24, 2.45) is 0 Å². The van der Waals surface area contributed by atoms with Crippen LogP contribution in [0, 0.1) is 0 Å². The third-order valence-electron chi connectivity index (χ3n) is 4.72. The summed E-state index contributed by atoms with van der Waals surface area (Å²) in [7, 11) is 0. The van der Waals surface area contributed by atoms with Crippen molar-refractivity contribution in [2.75, 3.05) is 52.5 Å². The van der Waals surface area contributed by atoms with Crippen LogP contribution < -0.4 is 0 Å². The standard InChI is InChI=1S/C16H26N4O2S/c1-14(19-7-9-22-10-8-19)16(21)20-4-2-3-18(5-6-20)11-15-12-23-13-17-15/h12-14H,2-11H2,1H3/t14-/m1/s1. The van der Waals surface area contributed by atoms with Crippen molar-refractivity contribution >= 4 is 17.2 Å². The number of ether oxygens (including phenoxy) is 1. The lowest BCUT2D eigenvalue weighted by molar-refractivity contribution is -0.137. The molecular weight excluding hydrogens is 312 g/mol. The first kappa shape index (κ1) is 16.8. The predicted octanol–water partition coefficient (Wildman–Crippen LogP) is 0.898. The number of morpholine rings is 1. The highest BCUT2D eigenvalue weighted by molar-refractivity contribution is 7.07. The van der Waals surface area contributed by atoms with Crippen LogP contribution in [-0.2, 0) is 16.1 Å². The lowest BCUT2D eigenvalue weighted by atomic mass is 10.2. The molecule has 0 aliphatic carbocycles. The van der Waals surface area contributed by atoms with Gasteiger partial charge >= 0.3 is 0 Å². The fourth-order valence-corrected chi connectivity index (χ4v) is 3.83. The largest absolute Gasteiger partial charge is 0.379 e. The van der Waals surface area contributed by atoms with Crippen LogP contribution in [0.25, 0.3) is 0 Å². The van der Waals surface area contributed by atoms with Gasteiger partial charge in [0.05, 0.1) is 30.5 Å². The molecule has 2 fully saturated rings. The van der Waals surface area contributed by atoms with E-state index >= 15 is 0 Å². The summed E-state index contributed by atoms with van der Waals surface area (Å²) in [5.41, 5.74) is 3.02. The molecule has 1 aromatic heterocycles. The van der Waals surface area contributed by atoms with Crippen molar-refractivity contribution in [3.63, 3.8) is 0 Å². The Hall–Kier alpha value is -1.02. The van der Waals surface area contributed by atoms with E-state index in [2.05, 4.69) is 20.2 Å². The number of amides is 1. The maximum absolute atomic E-state index is 12.8. The molecule has 1 aromatic rings. The zero-order chi connectivity index (χ0) is 16.1. The summed E-state index contributed by atoms with van der Waals surface area (Å²) < 4.78 is 5.38. The van der Waals surface area contributed by atoms with Gasteiger partial charge < -0.3 is 9.64 Å². The average Bonchev–Trinajstić information content (AvgIpc) is 2.99. The van der Waals surface area contributed by atoms with Gasteiger partial charge in [0.1, 0.15) is 0 Å². The molecule has 0 aromatic carbocycles. The van der Waals surface area contributed by atoms with Crippen molar-refractivity contribution in [3.8, 4) is 0 Å². The number of thiazole rings is 1. The summed E-state index contributed by atoms with van der Waals surface area (Å²) in [6.07, 6.45) is 1.03.